The van der Waals surface area contributed by atoms with Gasteiger partial charge in [0.15, 0.2) is 17.5 Å². The number of carbonyl (C=O) groups is 1. The zero-order valence-corrected chi connectivity index (χ0v) is 42.8. The molecule has 3 saturated heterocycles. The smallest absolute Gasteiger partial charge is 0.343 e. The van der Waals surface area contributed by atoms with Crippen LogP contribution < -0.4 is 10.1 Å². The van der Waals surface area contributed by atoms with E-state index in [-0.39, 0.29) is 59.5 Å². The Hall–Kier alpha value is -3.41. The molecular formula is C59H66N2O10S2. The highest BCUT2D eigenvalue weighted by atomic mass is 33.1. The molecule has 10 fully saturated rings. The molecule has 1 aromatic heterocycles. The van der Waals surface area contributed by atoms with Crippen molar-refractivity contribution in [3.05, 3.63) is 83.6 Å². The summed E-state index contributed by atoms with van der Waals surface area (Å²) in [6, 6.07) is 22.2. The van der Waals surface area contributed by atoms with Gasteiger partial charge < -0.3 is 55.2 Å². The van der Waals surface area contributed by atoms with Gasteiger partial charge in [-0.25, -0.2) is 4.79 Å². The predicted octanol–water partition coefficient (Wildman–Crippen LogP) is 7.95. The predicted molar refractivity (Wildman–Crippen MR) is 278 cm³/mol. The van der Waals surface area contributed by atoms with E-state index in [0.717, 1.165) is 71.6 Å². The Bertz CT molecular complexity index is 3190. The van der Waals surface area contributed by atoms with Crippen LogP contribution in [0.3, 0.4) is 0 Å². The fraction of sp³-hybridized carbons (Fsp3) is 0.610. The molecule has 12 nitrogen and oxygen atoms in total. The molecule has 12 aliphatic rings. The lowest BCUT2D eigenvalue weighted by Gasteiger charge is -2.71. The third-order valence-corrected chi connectivity index (χ3v) is 26.0. The fourth-order valence-corrected chi connectivity index (χ4v) is 24.0. The lowest BCUT2D eigenvalue weighted by molar-refractivity contribution is -0.420. The van der Waals surface area contributed by atoms with E-state index in [1.807, 2.05) is 71.1 Å². The van der Waals surface area contributed by atoms with Crippen LogP contribution >= 0.6 is 21.6 Å². The number of aliphatic hydroxyl groups is 5. The van der Waals surface area contributed by atoms with Crippen molar-refractivity contribution in [2.75, 3.05) is 18.6 Å². The summed E-state index contributed by atoms with van der Waals surface area (Å²) in [5.41, 5.74) is -2.92. The van der Waals surface area contributed by atoms with E-state index in [0.29, 0.717) is 60.5 Å². The summed E-state index contributed by atoms with van der Waals surface area (Å²) < 4.78 is 21.4. The Morgan fingerprint density at radius 1 is 0.863 bits per heavy atom. The van der Waals surface area contributed by atoms with Gasteiger partial charge in [-0.15, -0.1) is 0 Å². The molecule has 0 amide bonds. The van der Waals surface area contributed by atoms with Gasteiger partial charge in [0, 0.05) is 45.6 Å². The van der Waals surface area contributed by atoms with Crippen molar-refractivity contribution < 1.29 is 49.6 Å². The molecule has 0 radical (unpaired) electrons. The number of hydrogen-bond donors (Lipinski definition) is 8. The molecule has 4 aliphatic heterocycles. The number of hydrogen-bond acceptors (Lipinski definition) is 13. The minimum atomic E-state index is -2.60. The molecule has 7 saturated carbocycles. The van der Waals surface area contributed by atoms with Crippen molar-refractivity contribution in [3.8, 4) is 11.5 Å². The third-order valence-electron chi connectivity index (χ3n) is 23.5. The van der Waals surface area contributed by atoms with Crippen LogP contribution in [-0.4, -0.2) is 108 Å². The van der Waals surface area contributed by atoms with Crippen LogP contribution in [0.2, 0.25) is 0 Å². The molecule has 8 N–H and O–H groups in total. The normalized spacial score (nSPS) is 47.4. The van der Waals surface area contributed by atoms with Gasteiger partial charge >= 0.3 is 5.97 Å². The summed E-state index contributed by atoms with van der Waals surface area (Å²) in [5, 5.41) is 86.2. The molecule has 3 spiro atoms. The van der Waals surface area contributed by atoms with Crippen LogP contribution in [0.15, 0.2) is 66.7 Å². The molecule has 4 bridgehead atoms. The number of phenols is 1. The zero-order valence-electron chi connectivity index (χ0n) is 41.2. The van der Waals surface area contributed by atoms with E-state index in [1.165, 1.54) is 11.1 Å². The van der Waals surface area contributed by atoms with Crippen molar-refractivity contribution in [1.82, 2.24) is 10.3 Å². The fourth-order valence-electron chi connectivity index (χ4n) is 21.2. The van der Waals surface area contributed by atoms with Gasteiger partial charge in [-0.3, -0.25) is 0 Å². The van der Waals surface area contributed by atoms with E-state index in [4.69, 9.17) is 14.2 Å². The second-order valence-electron chi connectivity index (χ2n) is 25.1. The maximum Gasteiger partial charge on any atom is 0.343 e. The quantitative estimate of drug-likeness (QED) is 0.0492. The zero-order chi connectivity index (χ0) is 49.3. The summed E-state index contributed by atoms with van der Waals surface area (Å²) in [6.45, 7) is -0.458. The molecule has 73 heavy (non-hydrogen) atoms. The number of aromatic hydroxyl groups is 1. The minimum Gasteiger partial charge on any atom is -0.508 e. The van der Waals surface area contributed by atoms with Gasteiger partial charge in [0.1, 0.15) is 17.5 Å². The summed E-state index contributed by atoms with van der Waals surface area (Å²) in [7, 11) is 5.79. The van der Waals surface area contributed by atoms with Crippen molar-refractivity contribution in [1.29, 1.82) is 0 Å². The number of rotatable bonds is 4. The number of esters is 1. The van der Waals surface area contributed by atoms with Gasteiger partial charge in [0.05, 0.1) is 35.4 Å². The Balaban J connectivity index is 0.910. The lowest BCUT2D eigenvalue weighted by atomic mass is 9.39. The molecule has 8 aliphatic carbocycles. The highest BCUT2D eigenvalue weighted by Crippen LogP contribution is 2.83. The molecule has 4 aromatic carbocycles. The molecule has 17 rings (SSSR count). The van der Waals surface area contributed by atoms with Crippen molar-refractivity contribution >= 4 is 60.0 Å². The number of aromatic nitrogens is 1. The number of aliphatic hydroxyl groups excluding tert-OH is 2. The monoisotopic (exact) mass is 1030 g/mol. The Morgan fingerprint density at radius 3 is 2.52 bits per heavy atom. The number of carbonyl (C=O) groups excluding carboxylic acids is 1. The number of aromatic amines is 1. The SMILES string of the molecule is CNC1CSSCC2c3cc(O)ccc3C34C(CCC35C(O)C1CC1C3CC67CCCC6CCC7(O)C6(O)OC(C(=O)Oc7c(CO)[nH]c8ccc9cc%10ccccc%10cc9c78)C(OC15)C36O)CC1CCC2C14. The molecule has 384 valence electrons. The van der Waals surface area contributed by atoms with Crippen LogP contribution in [0.5, 0.6) is 11.5 Å². The van der Waals surface area contributed by atoms with Gasteiger partial charge in [-0.2, -0.15) is 0 Å². The third kappa shape index (κ3) is 5.17. The first kappa shape index (κ1) is 45.8. The first-order valence-electron chi connectivity index (χ1n) is 27.6. The van der Waals surface area contributed by atoms with Crippen molar-refractivity contribution in [2.24, 2.45) is 58.2 Å². The second-order valence-corrected chi connectivity index (χ2v) is 27.7. The Labute approximate surface area is 432 Å². The number of phenolic OH excluding ortho intramolecular Hbond substituents is 1. The number of nitrogens with one attached hydrogen (secondary N) is 2. The average Bonchev–Trinajstić information content (AvgIpc) is 4.26. The van der Waals surface area contributed by atoms with Crippen LogP contribution in [0.4, 0.5) is 0 Å². The Kier molecular flexibility index (Phi) is 9.53. The summed E-state index contributed by atoms with van der Waals surface area (Å²) >= 11 is 0. The lowest BCUT2D eigenvalue weighted by Crippen LogP contribution is -2.83. The number of fused-ring (bicyclic) bond motifs is 11. The van der Waals surface area contributed by atoms with Crippen LogP contribution in [0.1, 0.15) is 99.8 Å². The first-order valence-corrected chi connectivity index (χ1v) is 30.1. The first-order chi connectivity index (χ1) is 35.4. The van der Waals surface area contributed by atoms with E-state index in [9.17, 15) is 30.6 Å². The molecule has 5 heterocycles. The van der Waals surface area contributed by atoms with Crippen LogP contribution in [0.25, 0.3) is 32.4 Å². The van der Waals surface area contributed by atoms with E-state index < -0.39 is 76.1 Å². The maximum atomic E-state index is 15.7. The van der Waals surface area contributed by atoms with Crippen molar-refractivity contribution in [2.45, 2.75) is 142 Å². The average molecular weight is 1030 g/mol. The van der Waals surface area contributed by atoms with Gasteiger partial charge in [0.2, 0.25) is 5.79 Å². The highest BCUT2D eigenvalue weighted by Gasteiger charge is 2.90. The largest absolute Gasteiger partial charge is 0.508 e. The highest BCUT2D eigenvalue weighted by molar-refractivity contribution is 8.76. The van der Waals surface area contributed by atoms with E-state index >= 15 is 4.79 Å². The topological polar surface area (TPSA) is 194 Å². The molecule has 20 atom stereocenters. The Morgan fingerprint density at radius 2 is 1.68 bits per heavy atom. The molecular weight excluding hydrogens is 961 g/mol. The summed E-state index contributed by atoms with van der Waals surface area (Å²) in [4.78, 5) is 19.1. The van der Waals surface area contributed by atoms with Crippen LogP contribution in [0, 0.1) is 58.2 Å². The molecule has 14 heteroatoms. The van der Waals surface area contributed by atoms with Crippen molar-refractivity contribution in [3.63, 3.8) is 0 Å². The standard InChI is InChI=1S/C59H66N2O10S2/c1-60-45-27-73-72-26-40-35-11-8-31-20-33-14-17-55(57(33,47(31)35)41-12-10-34(63)22-37(40)41)50(64)39(45)23-38-42-24-54-16-4-7-32(54)15-18-56(54,66)59(68)58(42,67)52(70-51(38)55)49(71-59)53(65)69-48-44(25-62)61-43-13-9-30-19-28-5-2-3-6-29(28)21-36(30)46(43)48/h2-3,5-6,9-10,12-13,19,21-22,31-33,35,38-40,42,45,47,49-52,60-64,66-68H,4,7-8,11,14-18,20,23-27H2,1H3. The van der Waals surface area contributed by atoms with Crippen LogP contribution in [-0.2, 0) is 26.3 Å². The summed E-state index contributed by atoms with van der Waals surface area (Å²) in [6.07, 6.45) is 4.52. The summed E-state index contributed by atoms with van der Waals surface area (Å²) in [5.74, 6) is -0.985. The number of H-pyrrole nitrogens is 1. The number of benzene rings is 4. The molecule has 5 aromatic rings. The van der Waals surface area contributed by atoms with Gasteiger partial charge in [-0.05, 0) is 182 Å². The maximum absolute atomic E-state index is 15.7. The molecule has 20 unspecified atom stereocenters. The number of ether oxygens (including phenoxy) is 3. The second kappa shape index (κ2) is 15.2. The van der Waals surface area contributed by atoms with Gasteiger partial charge in [0.25, 0.3) is 0 Å². The van der Waals surface area contributed by atoms with E-state index in [1.54, 1.807) is 0 Å². The minimum absolute atomic E-state index is 0.0706. The van der Waals surface area contributed by atoms with Gasteiger partial charge in [-0.1, -0.05) is 64.4 Å². The van der Waals surface area contributed by atoms with E-state index in [2.05, 4.69) is 34.6 Å².